The third kappa shape index (κ3) is 8.37. The Hall–Kier alpha value is -3.74. The van der Waals surface area contributed by atoms with Crippen LogP contribution in [0.2, 0.25) is 0 Å². The maximum atomic E-state index is 12.3. The minimum Gasteiger partial charge on any atom is -0.493 e. The first-order valence-electron chi connectivity index (χ1n) is 10.6. The summed E-state index contributed by atoms with van der Waals surface area (Å²) in [4.78, 5) is 24.0. The van der Waals surface area contributed by atoms with Crippen molar-refractivity contribution in [3.8, 4) is 23.0 Å². The number of benzene rings is 2. The molecule has 0 unspecified atom stereocenters. The molecular weight excluding hydrogens is 424 g/mol. The molecule has 0 saturated heterocycles. The van der Waals surface area contributed by atoms with Gasteiger partial charge in [0.1, 0.15) is 0 Å². The summed E-state index contributed by atoms with van der Waals surface area (Å²) in [5.74, 6) is 0.534. The molecule has 176 valence electrons. The van der Waals surface area contributed by atoms with Crippen molar-refractivity contribution in [3.05, 3.63) is 66.3 Å². The molecule has 0 bridgehead atoms. The molecule has 7 nitrogen and oxygen atoms in total. The number of methoxy groups -OCH3 is 2. The number of carbonyl (C=O) groups excluding carboxylic acids is 2. The van der Waals surface area contributed by atoms with Gasteiger partial charge < -0.3 is 23.7 Å². The highest BCUT2D eigenvalue weighted by Gasteiger charge is 2.13. The van der Waals surface area contributed by atoms with Gasteiger partial charge in [0.15, 0.2) is 29.6 Å². The molecule has 2 aromatic rings. The van der Waals surface area contributed by atoms with E-state index in [2.05, 4.69) is 6.58 Å². The van der Waals surface area contributed by atoms with Crippen molar-refractivity contribution >= 4 is 18.0 Å². The van der Waals surface area contributed by atoms with E-state index in [9.17, 15) is 9.59 Å². The summed E-state index contributed by atoms with van der Waals surface area (Å²) in [5, 5.41) is 0. The third-order valence-corrected chi connectivity index (χ3v) is 4.52. The Bertz CT molecular complexity index is 979. The number of allylic oxidation sites excluding steroid dienone is 1. The molecule has 0 aromatic heterocycles. The van der Waals surface area contributed by atoms with E-state index in [0.29, 0.717) is 36.0 Å². The maximum Gasteiger partial charge on any atom is 0.349 e. The van der Waals surface area contributed by atoms with Crippen molar-refractivity contribution in [1.29, 1.82) is 0 Å². The van der Waals surface area contributed by atoms with Crippen LogP contribution in [-0.4, -0.2) is 39.4 Å². The Balaban J connectivity index is 1.97. The topological polar surface area (TPSA) is 80.3 Å². The summed E-state index contributed by atoms with van der Waals surface area (Å²) >= 11 is 0. The van der Waals surface area contributed by atoms with E-state index in [-0.39, 0.29) is 6.61 Å². The second kappa shape index (κ2) is 13.6. The molecule has 0 heterocycles. The highest BCUT2D eigenvalue weighted by Crippen LogP contribution is 2.30. The Morgan fingerprint density at radius 3 is 2.39 bits per heavy atom. The van der Waals surface area contributed by atoms with E-state index >= 15 is 0 Å². The Morgan fingerprint density at radius 1 is 0.970 bits per heavy atom. The molecule has 7 heteroatoms. The molecule has 0 aliphatic rings. The van der Waals surface area contributed by atoms with Gasteiger partial charge in [-0.2, -0.15) is 0 Å². The van der Waals surface area contributed by atoms with Crippen LogP contribution < -0.4 is 18.9 Å². The van der Waals surface area contributed by atoms with Crippen LogP contribution in [0.5, 0.6) is 23.0 Å². The number of hydrogen-bond acceptors (Lipinski definition) is 7. The van der Waals surface area contributed by atoms with Gasteiger partial charge >= 0.3 is 11.9 Å². The normalized spacial score (nSPS) is 10.5. The molecule has 0 amide bonds. The van der Waals surface area contributed by atoms with Gasteiger partial charge in [0.05, 0.1) is 20.8 Å². The lowest BCUT2D eigenvalue weighted by Crippen LogP contribution is -2.18. The van der Waals surface area contributed by atoms with Crippen LogP contribution in [0.15, 0.2) is 55.1 Å². The quantitative estimate of drug-likeness (QED) is 0.142. The first-order chi connectivity index (χ1) is 16.0. The van der Waals surface area contributed by atoms with Crippen LogP contribution in [0.25, 0.3) is 6.08 Å². The number of rotatable bonds is 13. The zero-order valence-electron chi connectivity index (χ0n) is 19.3. The lowest BCUT2D eigenvalue weighted by Gasteiger charge is -2.13. The lowest BCUT2D eigenvalue weighted by molar-refractivity contribution is -0.138. The highest BCUT2D eigenvalue weighted by atomic mass is 16.6. The maximum absolute atomic E-state index is 12.3. The average Bonchev–Trinajstić information content (AvgIpc) is 2.82. The fraction of sp³-hybridized carbons (Fsp3) is 0.308. The number of hydrogen-bond donors (Lipinski definition) is 0. The molecular formula is C26H30O7. The molecule has 2 aromatic carbocycles. The van der Waals surface area contributed by atoms with E-state index < -0.39 is 11.9 Å². The summed E-state index contributed by atoms with van der Waals surface area (Å²) in [6.45, 7) is 5.81. The van der Waals surface area contributed by atoms with Gasteiger partial charge in [-0.15, -0.1) is 6.58 Å². The van der Waals surface area contributed by atoms with Gasteiger partial charge in [0.2, 0.25) is 0 Å². The van der Waals surface area contributed by atoms with Crippen LogP contribution in [0.1, 0.15) is 30.9 Å². The highest BCUT2D eigenvalue weighted by molar-refractivity contribution is 5.87. The second-order valence-corrected chi connectivity index (χ2v) is 7.01. The Labute approximate surface area is 194 Å². The van der Waals surface area contributed by atoms with Gasteiger partial charge in [-0.25, -0.2) is 9.59 Å². The fourth-order valence-electron chi connectivity index (χ4n) is 2.82. The van der Waals surface area contributed by atoms with Crippen LogP contribution in [-0.2, 0) is 20.7 Å². The molecule has 0 spiro atoms. The summed E-state index contributed by atoms with van der Waals surface area (Å²) in [6, 6.07) is 10.4. The summed E-state index contributed by atoms with van der Waals surface area (Å²) in [5.41, 5.74) is 1.71. The molecule has 33 heavy (non-hydrogen) atoms. The molecule has 2 rings (SSSR count). The van der Waals surface area contributed by atoms with Crippen molar-refractivity contribution in [3.63, 3.8) is 0 Å². The molecule has 0 radical (unpaired) electrons. The summed E-state index contributed by atoms with van der Waals surface area (Å²) in [7, 11) is 3.00. The Morgan fingerprint density at radius 2 is 1.70 bits per heavy atom. The van der Waals surface area contributed by atoms with Gasteiger partial charge in [-0.3, -0.25) is 0 Å². The lowest BCUT2D eigenvalue weighted by atomic mass is 10.1. The monoisotopic (exact) mass is 454 g/mol. The minimum absolute atomic E-state index is 0.303. The van der Waals surface area contributed by atoms with E-state index in [1.807, 2.05) is 13.0 Å². The second-order valence-electron chi connectivity index (χ2n) is 7.01. The van der Waals surface area contributed by atoms with E-state index in [4.69, 9.17) is 23.7 Å². The van der Waals surface area contributed by atoms with Crippen LogP contribution in [0.3, 0.4) is 0 Å². The largest absolute Gasteiger partial charge is 0.493 e. The summed E-state index contributed by atoms with van der Waals surface area (Å²) < 4.78 is 26.7. The average molecular weight is 455 g/mol. The first kappa shape index (κ1) is 25.5. The van der Waals surface area contributed by atoms with Crippen LogP contribution >= 0.6 is 0 Å². The van der Waals surface area contributed by atoms with Gasteiger partial charge in [-0.05, 0) is 54.3 Å². The molecule has 0 aliphatic heterocycles. The van der Waals surface area contributed by atoms with Crippen LogP contribution in [0, 0.1) is 0 Å². The zero-order chi connectivity index (χ0) is 24.1. The standard InChI is InChI=1S/C26H30O7/c1-5-7-15-31-25(27)14-11-20-9-12-21(23(17-20)29-3)32-18-26(28)33-22-13-10-19(8-6-2)16-24(22)30-4/h6,9-14,16-17H,2,5,7-8,15,18H2,1,3-4H3/b14-11+. The van der Waals surface area contributed by atoms with Gasteiger partial charge in [0, 0.05) is 6.08 Å². The minimum atomic E-state index is -0.592. The summed E-state index contributed by atoms with van der Waals surface area (Å²) in [6.07, 6.45) is 7.22. The van der Waals surface area contributed by atoms with Crippen LogP contribution in [0.4, 0.5) is 0 Å². The number of unbranched alkanes of at least 4 members (excludes halogenated alkanes) is 1. The molecule has 0 atom stereocenters. The van der Waals surface area contributed by atoms with Gasteiger partial charge in [0.25, 0.3) is 0 Å². The number of esters is 2. The molecule has 0 aliphatic carbocycles. The van der Waals surface area contributed by atoms with Crippen molar-refractivity contribution in [2.45, 2.75) is 26.2 Å². The fourth-order valence-corrected chi connectivity index (χ4v) is 2.82. The number of carbonyl (C=O) groups is 2. The predicted molar refractivity (Wildman–Crippen MR) is 126 cm³/mol. The van der Waals surface area contributed by atoms with Gasteiger partial charge in [-0.1, -0.05) is 31.6 Å². The van der Waals surface area contributed by atoms with E-state index in [1.165, 1.54) is 20.3 Å². The molecule has 0 N–H and O–H groups in total. The van der Waals surface area contributed by atoms with Crippen molar-refractivity contribution in [1.82, 2.24) is 0 Å². The van der Waals surface area contributed by atoms with Crippen molar-refractivity contribution in [2.24, 2.45) is 0 Å². The predicted octanol–water partition coefficient (Wildman–Crippen LogP) is 4.77. The van der Waals surface area contributed by atoms with Crippen molar-refractivity contribution in [2.75, 3.05) is 27.4 Å². The molecule has 0 saturated carbocycles. The Kier molecular flexibility index (Phi) is 10.5. The third-order valence-electron chi connectivity index (χ3n) is 4.52. The van der Waals surface area contributed by atoms with Crippen molar-refractivity contribution < 1.29 is 33.3 Å². The van der Waals surface area contributed by atoms with E-state index in [0.717, 1.165) is 24.0 Å². The SMILES string of the molecule is C=CCc1ccc(OC(=O)COc2ccc(/C=C/C(=O)OCCCC)cc2OC)c(OC)c1. The smallest absolute Gasteiger partial charge is 0.349 e. The first-order valence-corrected chi connectivity index (χ1v) is 10.6. The van der Waals surface area contributed by atoms with E-state index in [1.54, 1.807) is 42.5 Å². The zero-order valence-corrected chi connectivity index (χ0v) is 19.3. The number of ether oxygens (including phenoxy) is 5. The molecule has 0 fully saturated rings.